The van der Waals surface area contributed by atoms with Crippen LogP contribution in [-0.4, -0.2) is 34.3 Å². The van der Waals surface area contributed by atoms with Gasteiger partial charge in [0.2, 0.25) is 11.8 Å². The van der Waals surface area contributed by atoms with Crippen LogP contribution in [0, 0.1) is 5.92 Å². The van der Waals surface area contributed by atoms with Gasteiger partial charge in [0.1, 0.15) is 0 Å². The number of rotatable bonds is 3. The van der Waals surface area contributed by atoms with Gasteiger partial charge in [-0.1, -0.05) is 0 Å². The van der Waals surface area contributed by atoms with Gasteiger partial charge in [-0.2, -0.15) is 0 Å². The number of nitrogens with one attached hydrogen (secondary N) is 1. The van der Waals surface area contributed by atoms with E-state index in [1.165, 1.54) is 17.8 Å². The molecule has 1 aromatic heterocycles. The molecular weight excluding hydrogens is 250 g/mol. The number of hydrogen-bond donors (Lipinski definition) is 1. The molecule has 96 valence electrons. The Labute approximate surface area is 109 Å². The third-order valence-corrected chi connectivity index (χ3v) is 4.40. The molecule has 1 N–H and O–H groups in total. The Morgan fingerprint density at radius 1 is 1.50 bits per heavy atom. The molecule has 0 bridgehead atoms. The van der Waals surface area contributed by atoms with Crippen LogP contribution >= 0.6 is 11.3 Å². The van der Waals surface area contributed by atoms with Crippen molar-refractivity contribution >= 4 is 28.3 Å². The molecule has 1 saturated heterocycles. The number of likely N-dealkylation sites (tertiary alicyclic amines) is 1. The number of carbonyl (C=O) groups excluding carboxylic acids is 2. The largest absolute Gasteiger partial charge is 0.339 e. The Bertz CT molecular complexity index is 456. The zero-order chi connectivity index (χ0) is 12.5. The average molecular weight is 265 g/mol. The van der Waals surface area contributed by atoms with Crippen molar-refractivity contribution in [2.45, 2.75) is 31.7 Å². The second-order valence-corrected chi connectivity index (χ2v) is 5.75. The van der Waals surface area contributed by atoms with Crippen LogP contribution in [0.3, 0.4) is 0 Å². The average Bonchev–Trinajstić information content (AvgIpc) is 2.87. The summed E-state index contributed by atoms with van der Waals surface area (Å²) in [7, 11) is 0. The second-order valence-electron chi connectivity index (χ2n) is 4.86. The highest BCUT2D eigenvalue weighted by atomic mass is 32.1. The Kier molecular flexibility index (Phi) is 3.03. The van der Waals surface area contributed by atoms with Gasteiger partial charge in [0.05, 0.1) is 5.92 Å². The third kappa shape index (κ3) is 2.12. The monoisotopic (exact) mass is 265 g/mol. The van der Waals surface area contributed by atoms with Crippen LogP contribution in [0.25, 0.3) is 0 Å². The lowest BCUT2D eigenvalue weighted by molar-refractivity contribution is -0.131. The number of thiazole rings is 1. The predicted molar refractivity (Wildman–Crippen MR) is 68.2 cm³/mol. The summed E-state index contributed by atoms with van der Waals surface area (Å²) >= 11 is 1.39. The van der Waals surface area contributed by atoms with Crippen LogP contribution < -0.4 is 5.32 Å². The molecule has 0 spiro atoms. The fourth-order valence-electron chi connectivity index (χ4n) is 2.45. The van der Waals surface area contributed by atoms with E-state index in [0.29, 0.717) is 24.1 Å². The maximum absolute atomic E-state index is 12.0. The lowest BCUT2D eigenvalue weighted by Crippen LogP contribution is -2.41. The molecule has 6 heteroatoms. The van der Waals surface area contributed by atoms with Gasteiger partial charge in [0.15, 0.2) is 5.13 Å². The molecule has 1 saturated carbocycles. The van der Waals surface area contributed by atoms with Crippen molar-refractivity contribution in [1.82, 2.24) is 9.88 Å². The summed E-state index contributed by atoms with van der Waals surface area (Å²) in [6, 6.07) is 0.384. The number of aromatic nitrogens is 1. The van der Waals surface area contributed by atoms with Crippen LogP contribution in [0.5, 0.6) is 0 Å². The smallest absolute Gasteiger partial charge is 0.231 e. The number of amides is 2. The third-order valence-electron chi connectivity index (χ3n) is 3.71. The van der Waals surface area contributed by atoms with Crippen molar-refractivity contribution in [2.75, 3.05) is 11.9 Å². The van der Waals surface area contributed by atoms with Gasteiger partial charge in [-0.15, -0.1) is 11.3 Å². The molecule has 2 fully saturated rings. The van der Waals surface area contributed by atoms with Gasteiger partial charge in [-0.25, -0.2) is 4.98 Å². The lowest BCUT2D eigenvalue weighted by atomic mass is 9.92. The Morgan fingerprint density at radius 2 is 2.33 bits per heavy atom. The molecule has 18 heavy (non-hydrogen) atoms. The summed E-state index contributed by atoms with van der Waals surface area (Å²) < 4.78 is 0. The highest BCUT2D eigenvalue weighted by Gasteiger charge is 2.39. The van der Waals surface area contributed by atoms with Crippen molar-refractivity contribution in [3.05, 3.63) is 11.6 Å². The zero-order valence-corrected chi connectivity index (χ0v) is 10.8. The number of nitrogens with zero attached hydrogens (tertiary/aromatic N) is 2. The summed E-state index contributed by atoms with van der Waals surface area (Å²) in [6.45, 7) is 0.570. The molecule has 2 amide bonds. The van der Waals surface area contributed by atoms with E-state index in [-0.39, 0.29) is 17.7 Å². The van der Waals surface area contributed by atoms with E-state index >= 15 is 0 Å². The fraction of sp³-hybridized carbons (Fsp3) is 0.583. The standard InChI is InChI=1S/C12H15N3O2S/c16-10-6-8(7-15(10)9-2-1-3-9)11(17)14-12-13-4-5-18-12/h4-5,8-9H,1-3,6-7H2,(H,13,14,17). The summed E-state index contributed by atoms with van der Waals surface area (Å²) in [6.07, 6.45) is 5.37. The Morgan fingerprint density at radius 3 is 2.94 bits per heavy atom. The van der Waals surface area contributed by atoms with Crippen LogP contribution in [-0.2, 0) is 9.59 Å². The van der Waals surface area contributed by atoms with E-state index in [4.69, 9.17) is 0 Å². The summed E-state index contributed by atoms with van der Waals surface area (Å²) in [4.78, 5) is 29.8. The van der Waals surface area contributed by atoms with E-state index in [0.717, 1.165) is 12.8 Å². The number of hydrogen-bond acceptors (Lipinski definition) is 4. The lowest BCUT2D eigenvalue weighted by Gasteiger charge is -2.34. The van der Waals surface area contributed by atoms with Crippen LogP contribution in [0.15, 0.2) is 11.6 Å². The van der Waals surface area contributed by atoms with Crippen molar-refractivity contribution < 1.29 is 9.59 Å². The molecule has 1 atom stereocenters. The van der Waals surface area contributed by atoms with E-state index in [9.17, 15) is 9.59 Å². The van der Waals surface area contributed by atoms with E-state index in [2.05, 4.69) is 10.3 Å². The molecule has 1 unspecified atom stereocenters. The number of anilines is 1. The maximum atomic E-state index is 12.0. The van der Waals surface area contributed by atoms with E-state index < -0.39 is 0 Å². The van der Waals surface area contributed by atoms with Crippen molar-refractivity contribution in [3.63, 3.8) is 0 Å². The van der Waals surface area contributed by atoms with Crippen LogP contribution in [0.2, 0.25) is 0 Å². The molecule has 1 aliphatic heterocycles. The quantitative estimate of drug-likeness (QED) is 0.900. The minimum Gasteiger partial charge on any atom is -0.339 e. The second kappa shape index (κ2) is 4.68. The van der Waals surface area contributed by atoms with Crippen molar-refractivity contribution in [2.24, 2.45) is 5.92 Å². The predicted octanol–water partition coefficient (Wildman–Crippen LogP) is 1.48. The highest BCUT2D eigenvalue weighted by Crippen LogP contribution is 2.31. The van der Waals surface area contributed by atoms with E-state index in [1.54, 1.807) is 6.20 Å². The number of carbonyl (C=O) groups is 2. The fourth-order valence-corrected chi connectivity index (χ4v) is 2.98. The van der Waals surface area contributed by atoms with Gasteiger partial charge in [0.25, 0.3) is 0 Å². The van der Waals surface area contributed by atoms with Gasteiger partial charge < -0.3 is 10.2 Å². The Balaban J connectivity index is 1.60. The zero-order valence-electron chi connectivity index (χ0n) is 9.96. The van der Waals surface area contributed by atoms with Gasteiger partial charge in [0, 0.05) is 30.6 Å². The van der Waals surface area contributed by atoms with Crippen LogP contribution in [0.4, 0.5) is 5.13 Å². The molecule has 2 aliphatic rings. The van der Waals surface area contributed by atoms with Crippen molar-refractivity contribution in [1.29, 1.82) is 0 Å². The van der Waals surface area contributed by atoms with Gasteiger partial charge in [-0.3, -0.25) is 9.59 Å². The summed E-state index contributed by atoms with van der Waals surface area (Å²) in [5.74, 6) is -0.180. The minimum atomic E-state index is -0.220. The SMILES string of the molecule is O=C(Nc1nccs1)C1CC(=O)N(C2CCC2)C1. The van der Waals surface area contributed by atoms with Gasteiger partial charge in [-0.05, 0) is 19.3 Å². The molecule has 1 aliphatic carbocycles. The molecule has 0 aromatic carbocycles. The molecule has 2 heterocycles. The van der Waals surface area contributed by atoms with Crippen molar-refractivity contribution in [3.8, 4) is 0 Å². The molecule has 1 aromatic rings. The Hall–Kier alpha value is -1.43. The van der Waals surface area contributed by atoms with Gasteiger partial charge >= 0.3 is 0 Å². The minimum absolute atomic E-state index is 0.0832. The normalized spacial score (nSPS) is 24.1. The first-order valence-corrected chi connectivity index (χ1v) is 7.12. The topological polar surface area (TPSA) is 62.3 Å². The van der Waals surface area contributed by atoms with E-state index in [1.807, 2.05) is 10.3 Å². The van der Waals surface area contributed by atoms with Crippen LogP contribution in [0.1, 0.15) is 25.7 Å². The first-order chi connectivity index (χ1) is 8.74. The molecule has 3 rings (SSSR count). The highest BCUT2D eigenvalue weighted by molar-refractivity contribution is 7.13. The first-order valence-electron chi connectivity index (χ1n) is 6.24. The summed E-state index contributed by atoms with van der Waals surface area (Å²) in [5.41, 5.74) is 0. The molecular formula is C12H15N3O2S. The maximum Gasteiger partial charge on any atom is 0.231 e. The first kappa shape index (κ1) is 11.6. The molecule has 0 radical (unpaired) electrons. The summed E-state index contributed by atoms with van der Waals surface area (Å²) in [5, 5.41) is 5.19. The molecule has 5 nitrogen and oxygen atoms in total.